The summed E-state index contributed by atoms with van der Waals surface area (Å²) in [4.78, 5) is 32.2. The van der Waals surface area contributed by atoms with Gasteiger partial charge >= 0.3 is 5.97 Å². The molecule has 182 valence electrons. The maximum absolute atomic E-state index is 13.8. The van der Waals surface area contributed by atoms with Gasteiger partial charge in [0.05, 0.1) is 32.9 Å². The molecule has 5 rings (SSSR count). The van der Waals surface area contributed by atoms with Crippen molar-refractivity contribution in [2.24, 2.45) is 4.99 Å². The number of rotatable bonds is 5. The molecule has 2 aromatic heterocycles. The lowest BCUT2D eigenvalue weighted by Gasteiger charge is -2.25. The smallest absolute Gasteiger partial charge is 0.338 e. The second kappa shape index (κ2) is 10.3. The van der Waals surface area contributed by atoms with Crippen LogP contribution in [0.2, 0.25) is 0 Å². The van der Waals surface area contributed by atoms with Gasteiger partial charge in [0, 0.05) is 34.2 Å². The van der Waals surface area contributed by atoms with Crippen molar-refractivity contribution in [2.45, 2.75) is 13.0 Å². The van der Waals surface area contributed by atoms with Crippen molar-refractivity contribution < 1.29 is 18.3 Å². The van der Waals surface area contributed by atoms with Gasteiger partial charge in [-0.3, -0.25) is 9.36 Å². The van der Waals surface area contributed by atoms with Crippen LogP contribution in [0.5, 0.6) is 0 Å². The number of thiazole rings is 1. The fraction of sp³-hybridized carbons (Fsp3) is 0.115. The summed E-state index contributed by atoms with van der Waals surface area (Å²) in [7, 11) is 0. The van der Waals surface area contributed by atoms with Crippen LogP contribution in [0.4, 0.5) is 4.39 Å². The van der Waals surface area contributed by atoms with E-state index in [0.717, 1.165) is 4.47 Å². The van der Waals surface area contributed by atoms with E-state index in [1.165, 1.54) is 28.0 Å². The molecular formula is C26H17BrFIN2O4S. The Hall–Kier alpha value is -2.83. The summed E-state index contributed by atoms with van der Waals surface area (Å²) >= 11 is 6.66. The van der Waals surface area contributed by atoms with Crippen LogP contribution in [0.15, 0.2) is 84.9 Å². The summed E-state index contributed by atoms with van der Waals surface area (Å²) in [5.74, 6) is -0.509. The zero-order valence-corrected chi connectivity index (χ0v) is 23.3. The summed E-state index contributed by atoms with van der Waals surface area (Å²) in [5.41, 5.74) is 1.54. The molecule has 36 heavy (non-hydrogen) atoms. The lowest BCUT2D eigenvalue weighted by atomic mass is 9.93. The van der Waals surface area contributed by atoms with E-state index < -0.39 is 17.8 Å². The Labute approximate surface area is 230 Å². The number of aromatic nitrogens is 1. The van der Waals surface area contributed by atoms with E-state index in [4.69, 9.17) is 14.1 Å². The van der Waals surface area contributed by atoms with Crippen molar-refractivity contribution in [1.82, 2.24) is 4.57 Å². The summed E-state index contributed by atoms with van der Waals surface area (Å²) in [6, 6.07) is 15.9. The Morgan fingerprint density at radius 3 is 2.61 bits per heavy atom. The Balaban J connectivity index is 1.83. The van der Waals surface area contributed by atoms with Gasteiger partial charge in [-0.25, -0.2) is 14.2 Å². The number of halogens is 3. The molecule has 0 fully saturated rings. The van der Waals surface area contributed by atoms with Crippen LogP contribution in [0.1, 0.15) is 29.9 Å². The monoisotopic (exact) mass is 678 g/mol. The first-order valence-electron chi connectivity index (χ1n) is 10.9. The largest absolute Gasteiger partial charge is 0.463 e. The Morgan fingerprint density at radius 2 is 1.97 bits per heavy atom. The van der Waals surface area contributed by atoms with Crippen molar-refractivity contribution in [3.05, 3.63) is 117 Å². The van der Waals surface area contributed by atoms with E-state index in [9.17, 15) is 14.0 Å². The average Bonchev–Trinajstić information content (AvgIpc) is 3.36. The molecule has 2 aromatic carbocycles. The Kier molecular flexibility index (Phi) is 7.09. The minimum absolute atomic E-state index is 0.150. The van der Waals surface area contributed by atoms with Crippen LogP contribution in [0.3, 0.4) is 0 Å². The van der Waals surface area contributed by atoms with E-state index in [-0.39, 0.29) is 17.7 Å². The lowest BCUT2D eigenvalue weighted by Crippen LogP contribution is -2.40. The molecule has 0 radical (unpaired) electrons. The van der Waals surface area contributed by atoms with Gasteiger partial charge in [0.15, 0.2) is 8.57 Å². The second-order valence-corrected chi connectivity index (χ2v) is 10.6. The molecule has 1 atom stereocenters. The zero-order valence-electron chi connectivity index (χ0n) is 18.7. The number of carbonyl (C=O) groups excluding carboxylic acids is 1. The quantitative estimate of drug-likeness (QED) is 0.219. The normalized spacial score (nSPS) is 15.6. The molecule has 6 nitrogen and oxygen atoms in total. The van der Waals surface area contributed by atoms with Crippen molar-refractivity contribution >= 4 is 67.6 Å². The van der Waals surface area contributed by atoms with Crippen LogP contribution in [-0.2, 0) is 9.53 Å². The topological polar surface area (TPSA) is 73.8 Å². The molecule has 0 unspecified atom stereocenters. The lowest BCUT2D eigenvalue weighted by molar-refractivity contribution is -0.138. The van der Waals surface area contributed by atoms with Gasteiger partial charge < -0.3 is 9.15 Å². The highest BCUT2D eigenvalue weighted by atomic mass is 127. The number of carbonyl (C=O) groups is 1. The molecule has 0 aliphatic carbocycles. The van der Waals surface area contributed by atoms with Crippen LogP contribution in [0, 0.1) is 9.58 Å². The molecule has 0 N–H and O–H groups in total. The predicted octanol–water partition coefficient (Wildman–Crippen LogP) is 5.03. The van der Waals surface area contributed by atoms with Crippen LogP contribution < -0.4 is 14.9 Å². The van der Waals surface area contributed by atoms with Gasteiger partial charge in [-0.2, -0.15) is 0 Å². The summed E-state index contributed by atoms with van der Waals surface area (Å²) < 4.78 is 28.2. The molecular weight excluding hydrogens is 662 g/mol. The first-order valence-corrected chi connectivity index (χ1v) is 13.5. The van der Waals surface area contributed by atoms with Crippen LogP contribution >= 0.6 is 49.9 Å². The minimum atomic E-state index is -0.860. The van der Waals surface area contributed by atoms with Crippen LogP contribution in [0.25, 0.3) is 11.8 Å². The second-order valence-electron chi connectivity index (χ2n) is 7.75. The maximum atomic E-state index is 13.8. The van der Waals surface area contributed by atoms with Gasteiger partial charge in [0.2, 0.25) is 0 Å². The number of esters is 1. The number of ether oxygens (including phenoxy) is 1. The van der Waals surface area contributed by atoms with Gasteiger partial charge in [-0.15, -0.1) is 0 Å². The van der Waals surface area contributed by atoms with Crippen LogP contribution in [-0.4, -0.2) is 17.1 Å². The summed E-state index contributed by atoms with van der Waals surface area (Å²) in [5, 5.41) is 0. The highest BCUT2D eigenvalue weighted by Crippen LogP contribution is 2.35. The molecule has 0 bridgehead atoms. The van der Waals surface area contributed by atoms with Crippen molar-refractivity contribution in [3.8, 4) is 0 Å². The molecule has 0 spiro atoms. The molecule has 10 heteroatoms. The van der Waals surface area contributed by atoms with Gasteiger partial charge in [0.1, 0.15) is 11.6 Å². The molecule has 0 amide bonds. The third kappa shape index (κ3) is 4.64. The molecule has 0 saturated heterocycles. The fourth-order valence-corrected chi connectivity index (χ4v) is 5.66. The van der Waals surface area contributed by atoms with E-state index in [0.29, 0.717) is 35.7 Å². The van der Waals surface area contributed by atoms with Gasteiger partial charge in [-0.1, -0.05) is 53.8 Å². The molecule has 3 heterocycles. The number of furan rings is 1. The summed E-state index contributed by atoms with van der Waals surface area (Å²) in [6.07, 6.45) is 1.65. The fourth-order valence-electron chi connectivity index (χ4n) is 3.96. The Bertz CT molecular complexity index is 1650. The first kappa shape index (κ1) is 24.8. The van der Waals surface area contributed by atoms with E-state index in [1.807, 2.05) is 30.3 Å². The van der Waals surface area contributed by atoms with Gasteiger partial charge in [0.25, 0.3) is 5.56 Å². The number of fused-ring (bicyclic) bond motifs is 1. The van der Waals surface area contributed by atoms with E-state index in [1.54, 1.807) is 31.2 Å². The average molecular weight is 679 g/mol. The highest BCUT2D eigenvalue weighted by molar-refractivity contribution is 14.1. The third-order valence-electron chi connectivity index (χ3n) is 5.50. The first-order chi connectivity index (χ1) is 17.4. The number of hydrogen-bond donors (Lipinski definition) is 0. The summed E-state index contributed by atoms with van der Waals surface area (Å²) in [6.45, 7) is 1.86. The molecule has 1 aliphatic rings. The number of hydrogen-bond acceptors (Lipinski definition) is 6. The van der Waals surface area contributed by atoms with Gasteiger partial charge in [-0.05, 0) is 46.6 Å². The molecule has 4 aromatic rings. The standard InChI is InChI=1S/C26H17BrFIN2O4S/c1-2-34-25(33)20-21(14-6-4-3-5-7-14)30-26-31(22(20)15-8-10-16(28)11-9-15)24(32)19(36-26)13-17-12-18(27)23(29)35-17/h3-13,22H,2H2,1H3/b19-13+/t22-/m0/s1. The number of benzene rings is 2. The molecule has 1 aliphatic heterocycles. The SMILES string of the molecule is CCOC(=O)C1=C(c2ccccc2)N=c2s/c(=C/c3cc(Br)c(I)o3)c(=O)n2[C@H]1c1ccc(F)cc1. The van der Waals surface area contributed by atoms with Crippen molar-refractivity contribution in [2.75, 3.05) is 6.61 Å². The van der Waals surface area contributed by atoms with Crippen molar-refractivity contribution in [3.63, 3.8) is 0 Å². The molecule has 0 saturated carbocycles. The maximum Gasteiger partial charge on any atom is 0.338 e. The van der Waals surface area contributed by atoms with E-state index >= 15 is 0 Å². The predicted molar refractivity (Wildman–Crippen MR) is 147 cm³/mol. The van der Waals surface area contributed by atoms with Crippen molar-refractivity contribution in [1.29, 1.82) is 0 Å². The highest BCUT2D eigenvalue weighted by Gasteiger charge is 2.35. The Morgan fingerprint density at radius 1 is 1.25 bits per heavy atom. The zero-order chi connectivity index (χ0) is 25.4. The minimum Gasteiger partial charge on any atom is -0.463 e. The number of nitrogens with zero attached hydrogens (tertiary/aromatic N) is 2. The van der Waals surface area contributed by atoms with E-state index in [2.05, 4.69) is 38.5 Å². The third-order valence-corrected chi connectivity index (χ3v) is 8.61.